The molecule has 7 heteroatoms. The van der Waals surface area contributed by atoms with E-state index < -0.39 is 10.0 Å². The Morgan fingerprint density at radius 2 is 1.89 bits per heavy atom. The van der Waals surface area contributed by atoms with Gasteiger partial charge in [0.25, 0.3) is 10.0 Å². The van der Waals surface area contributed by atoms with E-state index >= 15 is 0 Å². The smallest absolute Gasteiger partial charge is 0.263 e. The molecule has 0 saturated heterocycles. The van der Waals surface area contributed by atoms with Crippen molar-refractivity contribution in [2.45, 2.75) is 25.7 Å². The summed E-state index contributed by atoms with van der Waals surface area (Å²) in [5.74, 6) is 0.676. The van der Waals surface area contributed by atoms with Crippen LogP contribution < -0.4 is 10.5 Å². The van der Waals surface area contributed by atoms with E-state index in [9.17, 15) is 8.42 Å². The number of nitrogens with one attached hydrogen (secondary N) is 1. The summed E-state index contributed by atoms with van der Waals surface area (Å²) < 4.78 is 31.8. The lowest BCUT2D eigenvalue weighted by molar-refractivity contribution is 0.400. The fraction of sp³-hybridized carbons (Fsp3) is 0.250. The van der Waals surface area contributed by atoms with Crippen LogP contribution in [0.2, 0.25) is 0 Å². The van der Waals surface area contributed by atoms with Crippen LogP contribution in [-0.4, -0.2) is 13.6 Å². The maximum Gasteiger partial charge on any atom is 0.263 e. The number of nitrogens with two attached hydrogens (primary N) is 1. The van der Waals surface area contributed by atoms with Gasteiger partial charge < -0.3 is 10.3 Å². The minimum Gasteiger partial charge on any atom is -0.399 e. The van der Waals surface area contributed by atoms with Crippen molar-refractivity contribution in [1.82, 2.24) is 5.16 Å². The number of rotatable bonds is 3. The second-order valence-electron chi connectivity index (χ2n) is 4.39. The third-order valence-corrected chi connectivity index (χ3v) is 4.28. The molecule has 0 atom stereocenters. The zero-order valence-corrected chi connectivity index (χ0v) is 11.7. The molecule has 2 aromatic rings. The molecule has 1 heterocycles. The average Bonchev–Trinajstić information content (AvgIpc) is 2.68. The van der Waals surface area contributed by atoms with Crippen LogP contribution in [0.1, 0.15) is 16.9 Å². The van der Waals surface area contributed by atoms with Gasteiger partial charge in [0.15, 0.2) is 5.82 Å². The highest BCUT2D eigenvalue weighted by Crippen LogP contribution is 2.24. The van der Waals surface area contributed by atoms with E-state index in [2.05, 4.69) is 9.88 Å². The number of benzene rings is 1. The number of hydrogen-bond donors (Lipinski definition) is 2. The predicted octanol–water partition coefficient (Wildman–Crippen LogP) is 1.98. The van der Waals surface area contributed by atoms with Gasteiger partial charge in [-0.05, 0) is 44.0 Å². The molecule has 1 aromatic heterocycles. The first kappa shape index (κ1) is 13.4. The summed E-state index contributed by atoms with van der Waals surface area (Å²) in [6.07, 6.45) is 0. The number of sulfonamides is 1. The first-order valence-corrected chi connectivity index (χ1v) is 7.11. The maximum atomic E-state index is 12.3. The SMILES string of the molecule is Cc1cc(NS(=O)(=O)c2cc(N)cc(C)c2C)no1. The van der Waals surface area contributed by atoms with E-state index in [0.29, 0.717) is 17.0 Å². The minimum atomic E-state index is -3.73. The largest absolute Gasteiger partial charge is 0.399 e. The predicted molar refractivity (Wildman–Crippen MR) is 72.4 cm³/mol. The number of nitrogens with zero attached hydrogens (tertiary/aromatic N) is 1. The number of nitrogen functional groups attached to an aromatic ring is 1. The second kappa shape index (κ2) is 4.58. The topological polar surface area (TPSA) is 98.2 Å². The molecule has 102 valence electrons. The molecule has 0 aliphatic rings. The van der Waals surface area contributed by atoms with Crippen LogP contribution >= 0.6 is 0 Å². The molecular weight excluding hydrogens is 266 g/mol. The monoisotopic (exact) mass is 281 g/mol. The third-order valence-electron chi connectivity index (χ3n) is 2.80. The fourth-order valence-corrected chi connectivity index (χ4v) is 3.08. The van der Waals surface area contributed by atoms with Crippen LogP contribution in [0.25, 0.3) is 0 Å². The average molecular weight is 281 g/mol. The van der Waals surface area contributed by atoms with Crippen molar-refractivity contribution >= 4 is 21.5 Å². The maximum absolute atomic E-state index is 12.3. The van der Waals surface area contributed by atoms with Gasteiger partial charge in [0.2, 0.25) is 0 Å². The van der Waals surface area contributed by atoms with E-state index in [1.54, 1.807) is 19.9 Å². The molecule has 0 radical (unpaired) electrons. The Morgan fingerprint density at radius 3 is 2.47 bits per heavy atom. The van der Waals surface area contributed by atoms with Crippen LogP contribution in [0.15, 0.2) is 27.6 Å². The quantitative estimate of drug-likeness (QED) is 0.838. The van der Waals surface area contributed by atoms with E-state index in [-0.39, 0.29) is 10.7 Å². The molecule has 0 aliphatic carbocycles. The number of aromatic nitrogens is 1. The van der Waals surface area contributed by atoms with E-state index in [4.69, 9.17) is 10.3 Å². The van der Waals surface area contributed by atoms with Gasteiger partial charge in [0.05, 0.1) is 4.90 Å². The summed E-state index contributed by atoms with van der Waals surface area (Å²) in [4.78, 5) is 0.144. The lowest BCUT2D eigenvalue weighted by atomic mass is 10.1. The Hall–Kier alpha value is -2.02. The Balaban J connectivity index is 2.45. The van der Waals surface area contributed by atoms with E-state index in [1.165, 1.54) is 12.1 Å². The van der Waals surface area contributed by atoms with Crippen LogP contribution in [0.4, 0.5) is 11.5 Å². The van der Waals surface area contributed by atoms with Gasteiger partial charge >= 0.3 is 0 Å². The molecule has 6 nitrogen and oxygen atoms in total. The van der Waals surface area contributed by atoms with Crippen LogP contribution in [0, 0.1) is 20.8 Å². The van der Waals surface area contributed by atoms with Crippen LogP contribution in [-0.2, 0) is 10.0 Å². The van der Waals surface area contributed by atoms with Gasteiger partial charge in [-0.25, -0.2) is 8.42 Å². The molecule has 0 aliphatic heterocycles. The molecular formula is C12H15N3O3S. The van der Waals surface area contributed by atoms with E-state index in [1.807, 2.05) is 6.92 Å². The summed E-state index contributed by atoms with van der Waals surface area (Å²) in [6, 6.07) is 4.66. The Bertz CT molecular complexity index is 720. The van der Waals surface area contributed by atoms with Crippen molar-refractivity contribution in [2.75, 3.05) is 10.5 Å². The third kappa shape index (κ3) is 2.70. The van der Waals surface area contributed by atoms with E-state index in [0.717, 1.165) is 5.56 Å². The Labute approximate surface area is 111 Å². The zero-order valence-electron chi connectivity index (χ0n) is 10.9. The molecule has 2 rings (SSSR count). The number of aryl methyl sites for hydroxylation is 2. The highest BCUT2D eigenvalue weighted by atomic mass is 32.2. The standard InChI is InChI=1S/C12H15N3O3S/c1-7-4-10(13)6-11(9(7)3)19(16,17)15-12-5-8(2)18-14-12/h4-6H,13H2,1-3H3,(H,14,15). The number of anilines is 2. The summed E-state index contributed by atoms with van der Waals surface area (Å²) in [6.45, 7) is 5.23. The highest BCUT2D eigenvalue weighted by Gasteiger charge is 2.20. The molecule has 0 bridgehead atoms. The lowest BCUT2D eigenvalue weighted by Crippen LogP contribution is -2.15. The van der Waals surface area contributed by atoms with Crippen LogP contribution in [0.5, 0.6) is 0 Å². The first-order chi connectivity index (χ1) is 8.79. The lowest BCUT2D eigenvalue weighted by Gasteiger charge is -2.11. The van der Waals surface area contributed by atoms with Gasteiger partial charge in [-0.3, -0.25) is 4.72 Å². The highest BCUT2D eigenvalue weighted by molar-refractivity contribution is 7.92. The van der Waals surface area contributed by atoms with Crippen molar-refractivity contribution in [2.24, 2.45) is 0 Å². The first-order valence-electron chi connectivity index (χ1n) is 5.62. The second-order valence-corrected chi connectivity index (χ2v) is 6.04. The van der Waals surface area contributed by atoms with Gasteiger partial charge in [-0.2, -0.15) is 0 Å². The molecule has 19 heavy (non-hydrogen) atoms. The van der Waals surface area contributed by atoms with Gasteiger partial charge in [0, 0.05) is 11.8 Å². The summed E-state index contributed by atoms with van der Waals surface area (Å²) in [5, 5.41) is 3.60. The molecule has 0 unspecified atom stereocenters. The van der Waals surface area contributed by atoms with Gasteiger partial charge in [-0.15, -0.1) is 0 Å². The molecule has 0 spiro atoms. The normalized spacial score (nSPS) is 11.5. The Kier molecular flexibility index (Phi) is 3.23. The fourth-order valence-electron chi connectivity index (χ4n) is 1.74. The minimum absolute atomic E-state index is 0.144. The van der Waals surface area contributed by atoms with Crippen molar-refractivity contribution in [3.05, 3.63) is 35.1 Å². The van der Waals surface area contributed by atoms with Crippen LogP contribution in [0.3, 0.4) is 0 Å². The van der Waals surface area contributed by atoms with Crippen molar-refractivity contribution in [3.63, 3.8) is 0 Å². The van der Waals surface area contributed by atoms with Gasteiger partial charge in [-0.1, -0.05) is 5.16 Å². The van der Waals surface area contributed by atoms with Crippen molar-refractivity contribution in [3.8, 4) is 0 Å². The molecule has 0 saturated carbocycles. The molecule has 0 fully saturated rings. The summed E-state index contributed by atoms with van der Waals surface area (Å²) in [7, 11) is -3.73. The molecule has 0 amide bonds. The van der Waals surface area contributed by atoms with Crippen molar-refractivity contribution in [1.29, 1.82) is 0 Å². The Morgan fingerprint density at radius 1 is 1.21 bits per heavy atom. The summed E-state index contributed by atoms with van der Waals surface area (Å²) in [5.41, 5.74) is 7.57. The van der Waals surface area contributed by atoms with Crippen molar-refractivity contribution < 1.29 is 12.9 Å². The number of hydrogen-bond acceptors (Lipinski definition) is 5. The van der Waals surface area contributed by atoms with Gasteiger partial charge in [0.1, 0.15) is 5.76 Å². The summed E-state index contributed by atoms with van der Waals surface area (Å²) >= 11 is 0. The molecule has 3 N–H and O–H groups in total. The zero-order chi connectivity index (χ0) is 14.2. The molecule has 1 aromatic carbocycles.